The number of hydrogen-bond donors (Lipinski definition) is 1. The molecule has 0 saturated carbocycles. The average molecular weight is 425 g/mol. The second-order valence-electron chi connectivity index (χ2n) is 7.28. The molecule has 0 bridgehead atoms. The van der Waals surface area contributed by atoms with Gasteiger partial charge in [-0.1, -0.05) is 25.1 Å². The van der Waals surface area contributed by atoms with Gasteiger partial charge in [0, 0.05) is 12.6 Å². The Morgan fingerprint density at radius 3 is 2.45 bits per heavy atom. The van der Waals surface area contributed by atoms with E-state index in [2.05, 4.69) is 5.32 Å². The van der Waals surface area contributed by atoms with Crippen molar-refractivity contribution < 1.29 is 14.3 Å². The molecule has 8 heteroatoms. The molecule has 0 fully saturated rings. The molecule has 1 atom stereocenters. The second-order valence-corrected chi connectivity index (χ2v) is 7.28. The lowest BCUT2D eigenvalue weighted by Crippen LogP contribution is -2.43. The Morgan fingerprint density at radius 2 is 1.77 bits per heavy atom. The summed E-state index contributed by atoms with van der Waals surface area (Å²) in [4.78, 5) is 38.6. The van der Waals surface area contributed by atoms with Gasteiger partial charge in [0.1, 0.15) is 6.54 Å². The molecule has 3 rings (SSSR count). The van der Waals surface area contributed by atoms with E-state index in [-0.39, 0.29) is 30.6 Å². The van der Waals surface area contributed by atoms with Crippen LogP contribution in [0.4, 0.5) is 0 Å². The van der Waals surface area contributed by atoms with Crippen molar-refractivity contribution in [1.29, 1.82) is 0 Å². The molecule has 0 saturated heterocycles. The minimum atomic E-state index is -0.487. The van der Waals surface area contributed by atoms with Crippen molar-refractivity contribution in [3.63, 3.8) is 0 Å². The molecule has 1 N–H and O–H groups in total. The van der Waals surface area contributed by atoms with Gasteiger partial charge in [-0.05, 0) is 43.2 Å². The zero-order valence-electron chi connectivity index (χ0n) is 18.2. The summed E-state index contributed by atoms with van der Waals surface area (Å²) in [7, 11) is 3.10. The highest BCUT2D eigenvalue weighted by Crippen LogP contribution is 2.27. The number of carbonyl (C=O) groups excluding carboxylic acids is 1. The van der Waals surface area contributed by atoms with E-state index in [0.717, 1.165) is 5.56 Å². The Kier molecular flexibility index (Phi) is 6.79. The lowest BCUT2D eigenvalue weighted by atomic mass is 10.2. The lowest BCUT2D eigenvalue weighted by Gasteiger charge is -2.17. The Bertz CT molecular complexity index is 1210. The van der Waals surface area contributed by atoms with Gasteiger partial charge in [0.2, 0.25) is 5.91 Å². The van der Waals surface area contributed by atoms with Gasteiger partial charge in [-0.25, -0.2) is 4.79 Å². The predicted molar refractivity (Wildman–Crippen MR) is 119 cm³/mol. The van der Waals surface area contributed by atoms with Gasteiger partial charge in [-0.15, -0.1) is 0 Å². The number of para-hydroxylation sites is 1. The molecule has 1 amide bonds. The number of carbonyl (C=O) groups is 1. The third-order valence-corrected chi connectivity index (χ3v) is 5.35. The number of ether oxygens (including phenoxy) is 2. The topological polar surface area (TPSA) is 91.6 Å². The minimum absolute atomic E-state index is 0.191. The largest absolute Gasteiger partial charge is 0.493 e. The van der Waals surface area contributed by atoms with Crippen LogP contribution in [0.25, 0.3) is 10.9 Å². The van der Waals surface area contributed by atoms with E-state index in [0.29, 0.717) is 28.8 Å². The van der Waals surface area contributed by atoms with E-state index in [1.54, 1.807) is 50.6 Å². The number of rotatable bonds is 8. The van der Waals surface area contributed by atoms with Crippen LogP contribution < -0.4 is 26.0 Å². The smallest absolute Gasteiger partial charge is 0.332 e. The second kappa shape index (κ2) is 9.51. The van der Waals surface area contributed by atoms with Crippen LogP contribution in [0.5, 0.6) is 11.5 Å². The van der Waals surface area contributed by atoms with Crippen LogP contribution in [0.15, 0.2) is 52.1 Å². The summed E-state index contributed by atoms with van der Waals surface area (Å²) in [6.07, 6.45) is 0.624. The number of nitrogens with one attached hydrogen (secondary N) is 1. The van der Waals surface area contributed by atoms with Crippen LogP contribution in [0, 0.1) is 0 Å². The van der Waals surface area contributed by atoms with Crippen LogP contribution in [0.2, 0.25) is 0 Å². The van der Waals surface area contributed by atoms with Crippen molar-refractivity contribution in [2.45, 2.75) is 39.4 Å². The van der Waals surface area contributed by atoms with Crippen LogP contribution in [0.3, 0.4) is 0 Å². The monoisotopic (exact) mass is 425 g/mol. The summed E-state index contributed by atoms with van der Waals surface area (Å²) in [6.45, 7) is 3.80. The normalized spacial score (nSPS) is 11.9. The molecule has 2 aromatic carbocycles. The first-order valence-electron chi connectivity index (χ1n) is 10.1. The van der Waals surface area contributed by atoms with Gasteiger partial charge < -0.3 is 14.8 Å². The molecule has 0 aliphatic heterocycles. The van der Waals surface area contributed by atoms with Gasteiger partial charge in [-0.2, -0.15) is 0 Å². The molecule has 0 unspecified atom stereocenters. The van der Waals surface area contributed by atoms with E-state index in [1.807, 2.05) is 19.9 Å². The first kappa shape index (κ1) is 22.1. The third kappa shape index (κ3) is 4.47. The van der Waals surface area contributed by atoms with Gasteiger partial charge in [0.25, 0.3) is 5.56 Å². The molecule has 0 radical (unpaired) electrons. The highest BCUT2D eigenvalue weighted by atomic mass is 16.5. The molecule has 0 spiro atoms. The molecule has 8 nitrogen and oxygen atoms in total. The van der Waals surface area contributed by atoms with E-state index in [1.165, 1.54) is 9.13 Å². The fourth-order valence-electron chi connectivity index (χ4n) is 3.45. The first-order chi connectivity index (χ1) is 14.9. The van der Waals surface area contributed by atoms with Crippen LogP contribution in [-0.4, -0.2) is 29.3 Å². The summed E-state index contributed by atoms with van der Waals surface area (Å²) >= 11 is 0. The molecule has 164 valence electrons. The van der Waals surface area contributed by atoms with Gasteiger partial charge in [0.05, 0.1) is 25.1 Å². The van der Waals surface area contributed by atoms with Crippen molar-refractivity contribution >= 4 is 16.8 Å². The van der Waals surface area contributed by atoms with Crippen molar-refractivity contribution in [1.82, 2.24) is 14.5 Å². The number of aromatic nitrogens is 2. The zero-order chi connectivity index (χ0) is 22.5. The Morgan fingerprint density at radius 1 is 1.06 bits per heavy atom. The number of nitrogens with zero attached hydrogens (tertiary/aromatic N) is 2. The molecule has 0 aliphatic rings. The molecular weight excluding hydrogens is 398 g/mol. The molecular formula is C23H27N3O5. The molecule has 0 aliphatic carbocycles. The highest BCUT2D eigenvalue weighted by Gasteiger charge is 2.18. The summed E-state index contributed by atoms with van der Waals surface area (Å²) in [5.41, 5.74) is 0.447. The van der Waals surface area contributed by atoms with Crippen LogP contribution in [-0.2, 0) is 17.9 Å². The maximum absolute atomic E-state index is 13.1. The molecule has 3 aromatic rings. The first-order valence-corrected chi connectivity index (χ1v) is 10.1. The SMILES string of the molecule is CC[C@@H](C)n1c(=O)c2ccccc2n(CC(=O)NCc2ccc(OC)c(OC)c2)c1=O. The number of amides is 1. The predicted octanol–water partition coefficient (Wildman–Crippen LogP) is 2.47. The van der Waals surface area contributed by atoms with Crippen molar-refractivity contribution in [3.8, 4) is 11.5 Å². The maximum atomic E-state index is 13.1. The summed E-state index contributed by atoms with van der Waals surface area (Å²) in [5, 5.41) is 3.24. The third-order valence-electron chi connectivity index (χ3n) is 5.35. The average Bonchev–Trinajstić information content (AvgIpc) is 2.80. The maximum Gasteiger partial charge on any atom is 0.332 e. The Labute approximate surface area is 180 Å². The van der Waals surface area contributed by atoms with E-state index in [4.69, 9.17) is 9.47 Å². The molecule has 31 heavy (non-hydrogen) atoms. The van der Waals surface area contributed by atoms with Gasteiger partial charge in [-0.3, -0.25) is 18.7 Å². The standard InChI is InChI=1S/C23H27N3O5/c1-5-15(2)26-22(28)17-8-6-7-9-18(17)25(23(26)29)14-21(27)24-13-16-10-11-19(30-3)20(12-16)31-4/h6-12,15H,5,13-14H2,1-4H3,(H,24,27)/t15-/m1/s1. The quantitative estimate of drug-likeness (QED) is 0.599. The fourth-order valence-corrected chi connectivity index (χ4v) is 3.45. The van der Waals surface area contributed by atoms with Crippen molar-refractivity contribution in [3.05, 3.63) is 68.9 Å². The summed E-state index contributed by atoms with van der Waals surface area (Å²) in [6, 6.07) is 11.9. The van der Waals surface area contributed by atoms with Crippen molar-refractivity contribution in [2.24, 2.45) is 0 Å². The van der Waals surface area contributed by atoms with Gasteiger partial charge >= 0.3 is 5.69 Å². The lowest BCUT2D eigenvalue weighted by molar-refractivity contribution is -0.121. The van der Waals surface area contributed by atoms with Crippen LogP contribution >= 0.6 is 0 Å². The summed E-state index contributed by atoms with van der Waals surface area (Å²) in [5.74, 6) is 0.830. The van der Waals surface area contributed by atoms with Crippen LogP contribution in [0.1, 0.15) is 31.9 Å². The fraction of sp³-hybridized carbons (Fsp3) is 0.348. The number of methoxy groups -OCH3 is 2. The summed E-state index contributed by atoms with van der Waals surface area (Å²) < 4.78 is 13.1. The van der Waals surface area contributed by atoms with E-state index >= 15 is 0 Å². The van der Waals surface area contributed by atoms with E-state index in [9.17, 15) is 14.4 Å². The Balaban J connectivity index is 1.89. The minimum Gasteiger partial charge on any atom is -0.493 e. The number of fused-ring (bicyclic) bond motifs is 1. The zero-order valence-corrected chi connectivity index (χ0v) is 18.2. The molecule has 1 heterocycles. The van der Waals surface area contributed by atoms with E-state index < -0.39 is 5.69 Å². The number of benzene rings is 2. The highest BCUT2D eigenvalue weighted by molar-refractivity contribution is 5.81. The van der Waals surface area contributed by atoms with Gasteiger partial charge in [0.15, 0.2) is 11.5 Å². The Hall–Kier alpha value is -3.55. The van der Waals surface area contributed by atoms with Crippen molar-refractivity contribution in [2.75, 3.05) is 14.2 Å². The number of hydrogen-bond acceptors (Lipinski definition) is 5. The molecule has 1 aromatic heterocycles.